The van der Waals surface area contributed by atoms with E-state index < -0.39 is 0 Å². The van der Waals surface area contributed by atoms with Crippen LogP contribution in [0.15, 0.2) is 22.7 Å². The van der Waals surface area contributed by atoms with Crippen molar-refractivity contribution in [2.45, 2.75) is 39.5 Å². The van der Waals surface area contributed by atoms with Crippen molar-refractivity contribution in [1.82, 2.24) is 0 Å². The average Bonchev–Trinajstić information content (AvgIpc) is 2.24. The molecule has 0 fully saturated rings. The highest BCUT2D eigenvalue weighted by atomic mass is 79.9. The van der Waals surface area contributed by atoms with E-state index in [1.54, 1.807) is 0 Å². The third-order valence-electron chi connectivity index (χ3n) is 2.46. The lowest BCUT2D eigenvalue weighted by atomic mass is 10.2. The topological polar surface area (TPSA) is 29.1 Å². The molecular formula is C13H18BrNO. The number of carbonyl (C=O) groups excluding carboxylic acids is 1. The molecule has 0 aliphatic rings. The van der Waals surface area contributed by atoms with Crippen molar-refractivity contribution < 1.29 is 4.79 Å². The molecule has 0 aliphatic heterocycles. The van der Waals surface area contributed by atoms with Crippen LogP contribution in [0, 0.1) is 6.92 Å². The standard InChI is InChI=1S/C13H18BrNO/c1-3-4-5-6-13(16)15-11-8-7-10(2)12(14)9-11/h7-9H,3-6H2,1-2H3,(H,15,16). The summed E-state index contributed by atoms with van der Waals surface area (Å²) in [5, 5.41) is 2.90. The van der Waals surface area contributed by atoms with Crippen LogP contribution in [0.5, 0.6) is 0 Å². The Balaban J connectivity index is 2.46. The summed E-state index contributed by atoms with van der Waals surface area (Å²) in [4.78, 5) is 11.6. The second-order valence-corrected chi connectivity index (χ2v) is 4.82. The molecule has 1 aromatic carbocycles. The second kappa shape index (κ2) is 6.69. The summed E-state index contributed by atoms with van der Waals surface area (Å²) in [5.74, 6) is 0.101. The van der Waals surface area contributed by atoms with E-state index in [4.69, 9.17) is 0 Å². The first-order valence-corrected chi connectivity index (χ1v) is 6.48. The fourth-order valence-electron chi connectivity index (χ4n) is 1.43. The summed E-state index contributed by atoms with van der Waals surface area (Å²) >= 11 is 3.45. The molecule has 0 atom stereocenters. The molecule has 2 nitrogen and oxygen atoms in total. The highest BCUT2D eigenvalue weighted by Gasteiger charge is 2.03. The van der Waals surface area contributed by atoms with E-state index in [0.29, 0.717) is 6.42 Å². The molecule has 0 aliphatic carbocycles. The molecule has 88 valence electrons. The molecule has 0 unspecified atom stereocenters. The zero-order valence-corrected chi connectivity index (χ0v) is 11.4. The van der Waals surface area contributed by atoms with Gasteiger partial charge in [-0.2, -0.15) is 0 Å². The van der Waals surface area contributed by atoms with E-state index in [-0.39, 0.29) is 5.91 Å². The molecule has 1 N–H and O–H groups in total. The van der Waals surface area contributed by atoms with Crippen LogP contribution in [-0.2, 0) is 4.79 Å². The fourth-order valence-corrected chi connectivity index (χ4v) is 1.81. The maximum absolute atomic E-state index is 11.6. The first-order valence-electron chi connectivity index (χ1n) is 5.69. The molecule has 1 rings (SSSR count). The number of aryl methyl sites for hydroxylation is 1. The van der Waals surface area contributed by atoms with Crippen molar-refractivity contribution in [3.05, 3.63) is 28.2 Å². The van der Waals surface area contributed by atoms with E-state index >= 15 is 0 Å². The van der Waals surface area contributed by atoms with E-state index in [1.165, 1.54) is 5.56 Å². The van der Waals surface area contributed by atoms with Gasteiger partial charge in [-0.15, -0.1) is 0 Å². The Morgan fingerprint density at radius 2 is 2.12 bits per heavy atom. The maximum Gasteiger partial charge on any atom is 0.224 e. The summed E-state index contributed by atoms with van der Waals surface area (Å²) in [6.07, 6.45) is 3.84. The Kier molecular flexibility index (Phi) is 5.53. The van der Waals surface area contributed by atoms with Gasteiger partial charge in [0.2, 0.25) is 5.91 Å². The van der Waals surface area contributed by atoms with E-state index in [1.807, 2.05) is 25.1 Å². The first-order chi connectivity index (χ1) is 7.63. The molecule has 0 bridgehead atoms. The van der Waals surface area contributed by atoms with Crippen molar-refractivity contribution in [1.29, 1.82) is 0 Å². The smallest absolute Gasteiger partial charge is 0.224 e. The number of rotatable bonds is 5. The third kappa shape index (κ3) is 4.35. The van der Waals surface area contributed by atoms with Gasteiger partial charge in [-0.3, -0.25) is 4.79 Å². The van der Waals surface area contributed by atoms with Gasteiger partial charge in [0, 0.05) is 16.6 Å². The number of halogens is 1. The van der Waals surface area contributed by atoms with Gasteiger partial charge in [0.1, 0.15) is 0 Å². The van der Waals surface area contributed by atoms with Crippen LogP contribution in [0.3, 0.4) is 0 Å². The maximum atomic E-state index is 11.6. The van der Waals surface area contributed by atoms with E-state index in [0.717, 1.165) is 29.4 Å². The first kappa shape index (κ1) is 13.2. The van der Waals surface area contributed by atoms with Gasteiger partial charge in [-0.1, -0.05) is 41.8 Å². The predicted molar refractivity (Wildman–Crippen MR) is 71.7 cm³/mol. The number of anilines is 1. The second-order valence-electron chi connectivity index (χ2n) is 3.97. The quantitative estimate of drug-likeness (QED) is 0.803. The molecule has 1 amide bonds. The monoisotopic (exact) mass is 283 g/mol. The number of amides is 1. The third-order valence-corrected chi connectivity index (χ3v) is 3.32. The van der Waals surface area contributed by atoms with Gasteiger partial charge in [0.15, 0.2) is 0 Å². The highest BCUT2D eigenvalue weighted by molar-refractivity contribution is 9.10. The summed E-state index contributed by atoms with van der Waals surface area (Å²) < 4.78 is 1.03. The fraction of sp³-hybridized carbons (Fsp3) is 0.462. The molecule has 0 heterocycles. The molecule has 0 radical (unpaired) electrons. The number of hydrogen-bond donors (Lipinski definition) is 1. The van der Waals surface area contributed by atoms with Crippen molar-refractivity contribution in [3.8, 4) is 0 Å². The minimum atomic E-state index is 0.101. The Hall–Kier alpha value is -0.830. The van der Waals surface area contributed by atoms with Crippen LogP contribution >= 0.6 is 15.9 Å². The van der Waals surface area contributed by atoms with Crippen LogP contribution in [0.1, 0.15) is 38.2 Å². The summed E-state index contributed by atoms with van der Waals surface area (Å²) in [5.41, 5.74) is 2.03. The lowest BCUT2D eigenvalue weighted by Gasteiger charge is -2.06. The Bertz CT molecular complexity index is 363. The van der Waals surface area contributed by atoms with Gasteiger partial charge >= 0.3 is 0 Å². The van der Waals surface area contributed by atoms with Crippen molar-refractivity contribution in [2.75, 3.05) is 5.32 Å². The Labute approximate surface area is 106 Å². The minimum absolute atomic E-state index is 0.101. The summed E-state index contributed by atoms with van der Waals surface area (Å²) in [6, 6.07) is 5.86. The minimum Gasteiger partial charge on any atom is -0.326 e. The molecule has 0 saturated carbocycles. The molecule has 0 spiro atoms. The molecule has 16 heavy (non-hydrogen) atoms. The van der Waals surface area contributed by atoms with Crippen LogP contribution in [0.2, 0.25) is 0 Å². The number of hydrogen-bond acceptors (Lipinski definition) is 1. The lowest BCUT2D eigenvalue weighted by Crippen LogP contribution is -2.10. The van der Waals surface area contributed by atoms with E-state index in [2.05, 4.69) is 28.2 Å². The highest BCUT2D eigenvalue weighted by Crippen LogP contribution is 2.20. The van der Waals surface area contributed by atoms with Crippen LogP contribution < -0.4 is 5.32 Å². The zero-order valence-electron chi connectivity index (χ0n) is 9.85. The summed E-state index contributed by atoms with van der Waals surface area (Å²) in [7, 11) is 0. The molecule has 0 saturated heterocycles. The molecule has 3 heteroatoms. The van der Waals surface area contributed by atoms with Crippen molar-refractivity contribution >= 4 is 27.5 Å². The lowest BCUT2D eigenvalue weighted by molar-refractivity contribution is -0.116. The van der Waals surface area contributed by atoms with Crippen molar-refractivity contribution in [2.24, 2.45) is 0 Å². The molecule has 1 aromatic rings. The zero-order chi connectivity index (χ0) is 12.0. The Morgan fingerprint density at radius 3 is 2.75 bits per heavy atom. The average molecular weight is 284 g/mol. The van der Waals surface area contributed by atoms with Crippen molar-refractivity contribution in [3.63, 3.8) is 0 Å². The van der Waals surface area contributed by atoms with Gasteiger partial charge < -0.3 is 5.32 Å². The molecular weight excluding hydrogens is 266 g/mol. The summed E-state index contributed by atoms with van der Waals surface area (Å²) in [6.45, 7) is 4.16. The predicted octanol–water partition coefficient (Wildman–Crippen LogP) is 4.28. The number of carbonyl (C=O) groups is 1. The SMILES string of the molecule is CCCCCC(=O)Nc1ccc(C)c(Br)c1. The van der Waals surface area contributed by atoms with Crippen LogP contribution in [-0.4, -0.2) is 5.91 Å². The van der Waals surface area contributed by atoms with Crippen LogP contribution in [0.4, 0.5) is 5.69 Å². The van der Waals surface area contributed by atoms with Gasteiger partial charge in [0.25, 0.3) is 0 Å². The number of unbranched alkanes of at least 4 members (excludes halogenated alkanes) is 2. The number of nitrogens with one attached hydrogen (secondary N) is 1. The van der Waals surface area contributed by atoms with Gasteiger partial charge in [0.05, 0.1) is 0 Å². The number of benzene rings is 1. The van der Waals surface area contributed by atoms with Gasteiger partial charge in [-0.25, -0.2) is 0 Å². The Morgan fingerprint density at radius 1 is 1.38 bits per heavy atom. The van der Waals surface area contributed by atoms with Gasteiger partial charge in [-0.05, 0) is 31.0 Å². The molecule has 0 aromatic heterocycles. The van der Waals surface area contributed by atoms with Crippen LogP contribution in [0.25, 0.3) is 0 Å². The largest absolute Gasteiger partial charge is 0.326 e. The van der Waals surface area contributed by atoms with E-state index in [9.17, 15) is 4.79 Å². The normalized spacial score (nSPS) is 10.2.